The fourth-order valence-corrected chi connectivity index (χ4v) is 4.18. The van der Waals surface area contributed by atoms with E-state index in [1.165, 1.54) is 23.9 Å². The Morgan fingerprint density at radius 1 is 1.12 bits per heavy atom. The molecule has 5 N–H and O–H groups in total. The molecule has 0 bridgehead atoms. The molecule has 2 rings (SSSR count). The number of Topliss-reactive ketones (excluding diaryl/α,β-unsaturated/α-hetero) is 1. The molecular weight excluding hydrogens is 490 g/mol. The van der Waals surface area contributed by atoms with Gasteiger partial charge in [-0.3, -0.25) is 19.4 Å². The average Bonchev–Trinajstić information content (AvgIpc) is 2.77. The second-order valence-electron chi connectivity index (χ2n) is 6.87. The molecule has 1 aromatic carbocycles. The van der Waals surface area contributed by atoms with E-state index in [2.05, 4.69) is 15.0 Å². The van der Waals surface area contributed by atoms with Crippen LogP contribution in [0.15, 0.2) is 41.4 Å². The summed E-state index contributed by atoms with van der Waals surface area (Å²) in [6.45, 7) is -0.290. The van der Waals surface area contributed by atoms with Crippen LogP contribution in [-0.4, -0.2) is 70.4 Å². The molecule has 1 atom stereocenters. The van der Waals surface area contributed by atoms with E-state index in [4.69, 9.17) is 10.2 Å². The van der Waals surface area contributed by atoms with E-state index < -0.39 is 57.4 Å². The number of hydrogen-bond donors (Lipinski definition) is 5. The van der Waals surface area contributed by atoms with Crippen molar-refractivity contribution < 1.29 is 42.9 Å². The van der Waals surface area contributed by atoms with Crippen LogP contribution >= 0.6 is 11.8 Å². The second-order valence-corrected chi connectivity index (χ2v) is 9.50. The predicted octanol–water partition coefficient (Wildman–Crippen LogP) is 0.469. The van der Waals surface area contributed by atoms with Gasteiger partial charge in [0.2, 0.25) is 10.0 Å². The van der Waals surface area contributed by atoms with Crippen LogP contribution in [0.4, 0.5) is 0 Å². The van der Waals surface area contributed by atoms with Gasteiger partial charge in [-0.2, -0.15) is 11.8 Å². The first-order valence-electron chi connectivity index (χ1n) is 9.49. The first-order chi connectivity index (χ1) is 15.9. The van der Waals surface area contributed by atoms with Crippen LogP contribution in [0, 0.1) is 0 Å². The highest BCUT2D eigenvalue weighted by Crippen LogP contribution is 2.21. The van der Waals surface area contributed by atoms with Gasteiger partial charge in [-0.05, 0) is 36.6 Å². The van der Waals surface area contributed by atoms with Gasteiger partial charge in [-0.1, -0.05) is 0 Å². The maximum Gasteiger partial charge on any atom is 0.339 e. The lowest BCUT2D eigenvalue weighted by Crippen LogP contribution is -2.43. The number of benzene rings is 1. The van der Waals surface area contributed by atoms with Crippen molar-refractivity contribution >= 4 is 45.4 Å². The molecular formula is C20H21N3O9S2. The van der Waals surface area contributed by atoms with Crippen molar-refractivity contribution in [3.8, 4) is 5.75 Å². The van der Waals surface area contributed by atoms with Crippen molar-refractivity contribution in [1.82, 2.24) is 15.0 Å². The Balaban J connectivity index is 2.07. The quantitative estimate of drug-likeness (QED) is 0.265. The number of aromatic carboxylic acids is 1. The summed E-state index contributed by atoms with van der Waals surface area (Å²) in [4.78, 5) is 50.1. The zero-order chi connectivity index (χ0) is 25.5. The van der Waals surface area contributed by atoms with Crippen LogP contribution in [0.1, 0.15) is 32.8 Å². The van der Waals surface area contributed by atoms with E-state index >= 15 is 0 Å². The first-order valence-corrected chi connectivity index (χ1v) is 12.4. The lowest BCUT2D eigenvalue weighted by molar-refractivity contribution is -0.139. The summed E-state index contributed by atoms with van der Waals surface area (Å²) in [5.41, 5.74) is -0.324. The fourth-order valence-electron chi connectivity index (χ4n) is 2.67. The number of phenols is 1. The number of carbonyl (C=O) groups is 4. The number of carbonyl (C=O) groups excluding carboxylic acids is 2. The maximum absolute atomic E-state index is 12.4. The number of nitrogens with zero attached hydrogens (tertiary/aromatic N) is 1. The van der Waals surface area contributed by atoms with Gasteiger partial charge in [0.05, 0.1) is 40.9 Å². The number of hydrogen-bond acceptors (Lipinski definition) is 9. The van der Waals surface area contributed by atoms with E-state index in [9.17, 15) is 32.7 Å². The molecule has 34 heavy (non-hydrogen) atoms. The Morgan fingerprint density at radius 3 is 2.38 bits per heavy atom. The molecule has 0 saturated heterocycles. The minimum absolute atomic E-state index is 0.0311. The van der Waals surface area contributed by atoms with E-state index in [0.717, 1.165) is 24.4 Å². The minimum Gasteiger partial charge on any atom is -0.507 e. The second kappa shape index (κ2) is 11.6. The molecule has 0 aliphatic rings. The monoisotopic (exact) mass is 511 g/mol. The summed E-state index contributed by atoms with van der Waals surface area (Å²) in [6, 6.07) is 4.28. The van der Waals surface area contributed by atoms with Crippen LogP contribution < -0.4 is 10.0 Å². The summed E-state index contributed by atoms with van der Waals surface area (Å²) >= 11 is 1.19. The molecule has 1 aromatic heterocycles. The van der Waals surface area contributed by atoms with Gasteiger partial charge < -0.3 is 20.6 Å². The van der Waals surface area contributed by atoms with Crippen LogP contribution in [0.25, 0.3) is 0 Å². The molecule has 0 aliphatic carbocycles. The molecule has 0 radical (unpaired) electrons. The van der Waals surface area contributed by atoms with Crippen molar-refractivity contribution in [1.29, 1.82) is 0 Å². The number of carboxylic acid groups (broad SMARTS) is 2. The molecule has 0 aliphatic heterocycles. The first kappa shape index (κ1) is 26.8. The van der Waals surface area contributed by atoms with Gasteiger partial charge in [0, 0.05) is 6.20 Å². The van der Waals surface area contributed by atoms with E-state index in [-0.39, 0.29) is 28.5 Å². The number of amides is 1. The Kier molecular flexibility index (Phi) is 9.11. The van der Waals surface area contributed by atoms with Crippen molar-refractivity contribution in [2.75, 3.05) is 12.0 Å². The number of ketones is 1. The Morgan fingerprint density at radius 2 is 1.82 bits per heavy atom. The molecule has 2 aromatic rings. The summed E-state index contributed by atoms with van der Waals surface area (Å²) in [5.74, 6) is -4.45. The third kappa shape index (κ3) is 7.26. The third-order valence-corrected chi connectivity index (χ3v) is 6.37. The summed E-state index contributed by atoms with van der Waals surface area (Å²) in [7, 11) is -4.14. The maximum atomic E-state index is 12.4. The van der Waals surface area contributed by atoms with Gasteiger partial charge in [0.1, 0.15) is 11.3 Å². The van der Waals surface area contributed by atoms with Crippen molar-refractivity contribution in [3.63, 3.8) is 0 Å². The number of thioether (sulfide) groups is 1. The van der Waals surface area contributed by atoms with E-state index in [0.29, 0.717) is 0 Å². The molecule has 14 heteroatoms. The topological polar surface area (TPSA) is 200 Å². The number of nitrogens with one attached hydrogen (secondary N) is 2. The SMILES string of the molecule is CSCC(=O)C(CC(=O)O)NC(=O)c1ccc(CNS(=O)(=O)c2ccc(O)c(C(=O)O)c2)nc1. The van der Waals surface area contributed by atoms with Gasteiger partial charge in [0.15, 0.2) is 5.78 Å². The number of sulfonamides is 1. The molecule has 12 nitrogen and oxygen atoms in total. The number of aromatic hydroxyl groups is 1. The average molecular weight is 512 g/mol. The number of aromatic nitrogens is 1. The fraction of sp³-hybridized carbons (Fsp3) is 0.250. The standard InChI is InChI=1S/C20H21N3O9S2/c1-33-10-17(25)15(7-18(26)27)23-19(28)11-2-3-12(21-8-11)9-22-34(31,32)13-4-5-16(24)14(6-13)20(29)30/h2-6,8,15,22,24H,7,9-10H2,1H3,(H,23,28)(H,26,27)(H,29,30). The zero-order valence-electron chi connectivity index (χ0n) is 17.7. The molecule has 1 amide bonds. The minimum atomic E-state index is -4.14. The van der Waals surface area contributed by atoms with Crippen molar-refractivity contribution in [2.24, 2.45) is 0 Å². The number of rotatable bonds is 12. The Hall–Kier alpha value is -3.49. The van der Waals surface area contributed by atoms with Gasteiger partial charge in [0.25, 0.3) is 5.91 Å². The predicted molar refractivity (Wildman–Crippen MR) is 120 cm³/mol. The molecule has 0 spiro atoms. The highest BCUT2D eigenvalue weighted by molar-refractivity contribution is 7.99. The van der Waals surface area contributed by atoms with Crippen LogP contribution in [-0.2, 0) is 26.2 Å². The van der Waals surface area contributed by atoms with Crippen molar-refractivity contribution in [3.05, 3.63) is 53.3 Å². The van der Waals surface area contributed by atoms with Crippen molar-refractivity contribution in [2.45, 2.75) is 23.9 Å². The van der Waals surface area contributed by atoms with Crippen LogP contribution in [0.2, 0.25) is 0 Å². The van der Waals surface area contributed by atoms with Crippen LogP contribution in [0.3, 0.4) is 0 Å². The largest absolute Gasteiger partial charge is 0.507 e. The van der Waals surface area contributed by atoms with Gasteiger partial charge >= 0.3 is 11.9 Å². The number of aliphatic carboxylic acids is 1. The number of pyridine rings is 1. The smallest absolute Gasteiger partial charge is 0.339 e. The van der Waals surface area contributed by atoms with E-state index in [1.807, 2.05) is 0 Å². The summed E-state index contributed by atoms with van der Waals surface area (Å²) in [5, 5.41) is 29.9. The highest BCUT2D eigenvalue weighted by Gasteiger charge is 2.24. The zero-order valence-corrected chi connectivity index (χ0v) is 19.4. The summed E-state index contributed by atoms with van der Waals surface area (Å²) in [6.07, 6.45) is 2.24. The molecule has 1 unspecified atom stereocenters. The third-order valence-electron chi connectivity index (χ3n) is 4.40. The molecule has 1 heterocycles. The highest BCUT2D eigenvalue weighted by atomic mass is 32.2. The Bertz CT molecular complexity index is 1200. The lowest BCUT2D eigenvalue weighted by atomic mass is 10.1. The van der Waals surface area contributed by atoms with Crippen LogP contribution in [0.5, 0.6) is 5.75 Å². The summed E-state index contributed by atoms with van der Waals surface area (Å²) < 4.78 is 27.1. The van der Waals surface area contributed by atoms with E-state index in [1.54, 1.807) is 6.26 Å². The van der Waals surface area contributed by atoms with Gasteiger partial charge in [-0.15, -0.1) is 0 Å². The molecule has 182 valence electrons. The number of carboxylic acids is 2. The lowest BCUT2D eigenvalue weighted by Gasteiger charge is -2.15. The molecule has 0 fully saturated rings. The molecule has 0 saturated carbocycles. The van der Waals surface area contributed by atoms with Gasteiger partial charge in [-0.25, -0.2) is 17.9 Å². The Labute approximate surface area is 198 Å². The normalized spacial score (nSPS) is 12.0.